The molecule has 0 atom stereocenters. The zero-order valence-electron chi connectivity index (χ0n) is 8.63. The molecule has 0 spiro atoms. The molecule has 2 rings (SSSR count). The van der Waals surface area contributed by atoms with E-state index >= 15 is 0 Å². The topological polar surface area (TPSA) is 7.68 Å². The van der Waals surface area contributed by atoms with Gasteiger partial charge < -0.3 is 28.9 Å². The van der Waals surface area contributed by atoms with Crippen molar-refractivity contribution in [1.82, 2.24) is 3.11 Å². The van der Waals surface area contributed by atoms with E-state index in [1.165, 1.54) is 38.3 Å². The van der Waals surface area contributed by atoms with Gasteiger partial charge in [0.25, 0.3) is 0 Å². The predicted molar refractivity (Wildman–Crippen MR) is 66.4 cm³/mol. The number of quaternary nitrogens is 1. The van der Waals surface area contributed by atoms with Gasteiger partial charge >= 0.3 is 0 Å². The largest absolute Gasteiger partial charge is 1.00 e. The van der Waals surface area contributed by atoms with Crippen LogP contribution in [0.1, 0.15) is 5.56 Å². The molecule has 0 aromatic heterocycles. The van der Waals surface area contributed by atoms with Gasteiger partial charge in [-0.25, -0.2) is 3.11 Å². The molecule has 1 heterocycles. The van der Waals surface area contributed by atoms with Gasteiger partial charge in [0, 0.05) is 28.4 Å². The zero-order valence-corrected chi connectivity index (χ0v) is 12.9. The molecule has 1 aromatic rings. The second-order valence-electron chi connectivity index (χ2n) is 3.82. The van der Waals surface area contributed by atoms with E-state index in [-0.39, 0.29) is 24.0 Å². The number of halogens is 2. The van der Waals surface area contributed by atoms with Crippen molar-refractivity contribution in [3.63, 3.8) is 0 Å². The number of nitrogens with zero attached hydrogens (tertiary/aromatic N) is 1. The molecule has 0 bridgehead atoms. The van der Waals surface area contributed by atoms with Gasteiger partial charge in [-0.15, -0.1) is 0 Å². The third-order valence-corrected chi connectivity index (χ3v) is 3.68. The molecule has 1 N–H and O–H groups in total. The first-order valence-electron chi connectivity index (χ1n) is 5.13. The van der Waals surface area contributed by atoms with E-state index in [1.807, 2.05) is 0 Å². The van der Waals surface area contributed by atoms with Crippen molar-refractivity contribution in [2.24, 2.45) is 0 Å². The van der Waals surface area contributed by atoms with Gasteiger partial charge in [-0.1, -0.05) is 30.3 Å². The molecule has 0 aliphatic carbocycles. The molecule has 84 valence electrons. The van der Waals surface area contributed by atoms with E-state index in [0.717, 1.165) is 0 Å². The number of piperazine rings is 1. The van der Waals surface area contributed by atoms with Gasteiger partial charge in [-0.3, -0.25) is 0 Å². The lowest BCUT2D eigenvalue weighted by molar-refractivity contribution is -0.917. The van der Waals surface area contributed by atoms with Crippen LogP contribution in [0.2, 0.25) is 0 Å². The number of hydrogen-bond acceptors (Lipinski definition) is 1. The second kappa shape index (κ2) is 7.03. The van der Waals surface area contributed by atoms with E-state index < -0.39 is 0 Å². The van der Waals surface area contributed by atoms with E-state index in [2.05, 4.69) is 56.3 Å². The molecule has 15 heavy (non-hydrogen) atoms. The highest BCUT2D eigenvalue weighted by Gasteiger charge is 2.17. The lowest BCUT2D eigenvalue weighted by atomic mass is 10.2. The molecule has 1 aromatic carbocycles. The van der Waals surface area contributed by atoms with Crippen molar-refractivity contribution in [1.29, 1.82) is 0 Å². The average Bonchev–Trinajstić information content (AvgIpc) is 2.23. The molecule has 1 fully saturated rings. The summed E-state index contributed by atoms with van der Waals surface area (Å²) in [6, 6.07) is 10.8. The van der Waals surface area contributed by atoms with E-state index in [1.54, 1.807) is 4.90 Å². The summed E-state index contributed by atoms with van der Waals surface area (Å²) >= 11 is 2.42. The van der Waals surface area contributed by atoms with Gasteiger partial charge in [0.2, 0.25) is 0 Å². The Hall–Kier alpha value is 0.600. The Morgan fingerprint density at radius 3 is 2.33 bits per heavy atom. The first-order valence-corrected chi connectivity index (χ1v) is 6.09. The Kier molecular flexibility index (Phi) is 6.40. The lowest BCUT2D eigenvalue weighted by Gasteiger charge is -2.28. The fraction of sp³-hybridized carbons (Fsp3) is 0.455. The van der Waals surface area contributed by atoms with E-state index in [0.29, 0.717) is 0 Å². The lowest BCUT2D eigenvalue weighted by Crippen LogP contribution is -3.13. The Balaban J connectivity index is 0.00000112. The van der Waals surface area contributed by atoms with Crippen LogP contribution >= 0.6 is 22.9 Å². The Morgan fingerprint density at radius 2 is 1.73 bits per heavy atom. The first kappa shape index (κ1) is 13.7. The summed E-state index contributed by atoms with van der Waals surface area (Å²) in [6.07, 6.45) is 0. The number of hydrogen-bond donors (Lipinski definition) is 1. The van der Waals surface area contributed by atoms with Crippen LogP contribution in [0, 0.1) is 0 Å². The van der Waals surface area contributed by atoms with Crippen LogP contribution in [0.25, 0.3) is 0 Å². The molecule has 4 heteroatoms. The summed E-state index contributed by atoms with van der Waals surface area (Å²) in [5, 5.41) is 0. The standard InChI is InChI=1S/C11H15IN2.HI/c12-14-8-6-13(7-9-14)10-11-4-2-1-3-5-11;/h1-5H,6-10H2;1H. The Morgan fingerprint density at radius 1 is 1.13 bits per heavy atom. The van der Waals surface area contributed by atoms with Crippen LogP contribution in [-0.2, 0) is 6.54 Å². The summed E-state index contributed by atoms with van der Waals surface area (Å²) < 4.78 is 2.38. The van der Waals surface area contributed by atoms with Crippen molar-refractivity contribution in [3.8, 4) is 0 Å². The number of nitrogens with one attached hydrogen (secondary N) is 1. The minimum Gasteiger partial charge on any atom is -1.00 e. The van der Waals surface area contributed by atoms with Crippen LogP contribution in [0.5, 0.6) is 0 Å². The maximum Gasteiger partial charge on any atom is 0.103 e. The quantitative estimate of drug-likeness (QED) is 0.412. The van der Waals surface area contributed by atoms with Crippen LogP contribution in [0.15, 0.2) is 30.3 Å². The molecule has 1 saturated heterocycles. The molecular formula is C11H16I2N2. The average molecular weight is 430 g/mol. The Labute approximate surface area is 123 Å². The summed E-state index contributed by atoms with van der Waals surface area (Å²) in [7, 11) is 0. The van der Waals surface area contributed by atoms with Crippen LogP contribution in [0.4, 0.5) is 0 Å². The predicted octanol–water partition coefficient (Wildman–Crippen LogP) is -2.26. The second-order valence-corrected chi connectivity index (χ2v) is 5.19. The SMILES string of the molecule is IN1CC[NH+](Cc2ccccc2)CC1.[I-]. The molecule has 1 aliphatic heterocycles. The van der Waals surface area contributed by atoms with E-state index in [9.17, 15) is 0 Å². The van der Waals surface area contributed by atoms with Crippen LogP contribution in [-0.4, -0.2) is 29.3 Å². The van der Waals surface area contributed by atoms with Gasteiger partial charge in [0.05, 0.1) is 26.2 Å². The molecule has 0 radical (unpaired) electrons. The molecule has 0 unspecified atom stereocenters. The van der Waals surface area contributed by atoms with Gasteiger partial charge in [0.1, 0.15) is 6.54 Å². The third kappa shape index (κ3) is 4.54. The number of rotatable bonds is 2. The Bertz CT molecular complexity index is 271. The fourth-order valence-corrected chi connectivity index (χ4v) is 2.34. The summed E-state index contributed by atoms with van der Waals surface area (Å²) in [6.45, 7) is 6.19. The molecule has 1 aliphatic rings. The van der Waals surface area contributed by atoms with Gasteiger partial charge in [-0.2, -0.15) is 0 Å². The molecular weight excluding hydrogens is 414 g/mol. The third-order valence-electron chi connectivity index (χ3n) is 2.71. The highest BCUT2D eigenvalue weighted by atomic mass is 127. The number of benzene rings is 1. The summed E-state index contributed by atoms with van der Waals surface area (Å²) in [4.78, 5) is 1.71. The summed E-state index contributed by atoms with van der Waals surface area (Å²) in [5.41, 5.74) is 1.46. The first-order chi connectivity index (χ1) is 6.84. The van der Waals surface area contributed by atoms with Gasteiger partial charge in [-0.05, 0) is 0 Å². The molecule has 0 saturated carbocycles. The van der Waals surface area contributed by atoms with Crippen molar-refractivity contribution >= 4 is 22.9 Å². The molecule has 0 amide bonds. The summed E-state index contributed by atoms with van der Waals surface area (Å²) in [5.74, 6) is 0. The van der Waals surface area contributed by atoms with Crippen molar-refractivity contribution in [2.75, 3.05) is 26.2 Å². The highest BCUT2D eigenvalue weighted by molar-refractivity contribution is 14.1. The smallest absolute Gasteiger partial charge is 0.103 e. The zero-order chi connectivity index (χ0) is 9.80. The van der Waals surface area contributed by atoms with Gasteiger partial charge in [0.15, 0.2) is 0 Å². The van der Waals surface area contributed by atoms with Crippen LogP contribution in [0.3, 0.4) is 0 Å². The monoisotopic (exact) mass is 430 g/mol. The maximum atomic E-state index is 2.42. The highest BCUT2D eigenvalue weighted by Crippen LogP contribution is 1.99. The van der Waals surface area contributed by atoms with Crippen molar-refractivity contribution < 1.29 is 28.9 Å². The van der Waals surface area contributed by atoms with Crippen molar-refractivity contribution in [2.45, 2.75) is 6.54 Å². The molecule has 2 nitrogen and oxygen atoms in total. The maximum absolute atomic E-state index is 2.42. The van der Waals surface area contributed by atoms with Crippen molar-refractivity contribution in [3.05, 3.63) is 35.9 Å². The minimum atomic E-state index is 0. The minimum absolute atomic E-state index is 0. The van der Waals surface area contributed by atoms with E-state index in [4.69, 9.17) is 0 Å². The normalized spacial score (nSPS) is 18.5. The fourth-order valence-electron chi connectivity index (χ4n) is 1.86. The van der Waals surface area contributed by atoms with Crippen LogP contribution < -0.4 is 28.9 Å².